The molecule has 0 aliphatic heterocycles. The van der Waals surface area contributed by atoms with E-state index in [0.717, 1.165) is 0 Å². The van der Waals surface area contributed by atoms with E-state index in [1.807, 2.05) is 0 Å². The molecule has 0 unspecified atom stereocenters. The normalized spacial score (nSPS) is 8.33. The fourth-order valence-electron chi connectivity index (χ4n) is 0.136. The fraction of sp³-hybridized carbons (Fsp3) is 0. The molecule has 0 heterocycles. The van der Waals surface area contributed by atoms with Gasteiger partial charge in [-0.05, 0) is 18.3 Å². The van der Waals surface area contributed by atoms with Gasteiger partial charge in [-0.1, -0.05) is 0 Å². The quantitative estimate of drug-likeness (QED) is 0.380. The first-order valence-electron chi connectivity index (χ1n) is 2.34. The molecule has 0 aliphatic rings. The van der Waals surface area contributed by atoms with Crippen molar-refractivity contribution in [1.29, 1.82) is 0 Å². The molecule has 0 rings (SSSR count). The number of carbonyl (C=O) groups is 3. The Kier molecular flexibility index (Phi) is 7.42. The molecule has 0 atom stereocenters. The molecule has 68 valence electrons. The van der Waals surface area contributed by atoms with Crippen molar-refractivity contribution in [2.75, 3.05) is 0 Å². The summed E-state index contributed by atoms with van der Waals surface area (Å²) in [4.78, 5) is 27.2. The van der Waals surface area contributed by atoms with Gasteiger partial charge in [0.2, 0.25) is 0 Å². The Balaban J connectivity index is 0. The van der Waals surface area contributed by atoms with Crippen molar-refractivity contribution in [2.45, 2.75) is 0 Å². The van der Waals surface area contributed by atoms with Crippen LogP contribution < -0.4 is 20.4 Å². The molecule has 7 nitrogen and oxygen atoms in total. The molecule has 0 aromatic rings. The summed E-state index contributed by atoms with van der Waals surface area (Å²) in [6, 6.07) is 0. The third-order valence-corrected chi connectivity index (χ3v) is 0.355. The Morgan fingerprint density at radius 1 is 0.750 bits per heavy atom. The van der Waals surface area contributed by atoms with Crippen LogP contribution in [-0.4, -0.2) is 18.1 Å². The lowest BCUT2D eigenvalue weighted by Gasteiger charge is -1.96. The Hall–Kier alpha value is -2.05. The van der Waals surface area contributed by atoms with Crippen LogP contribution in [0.4, 0.5) is 4.79 Å². The summed E-state index contributed by atoms with van der Waals surface area (Å²) in [6.07, 6.45) is -1.56. The van der Waals surface area contributed by atoms with E-state index in [4.69, 9.17) is 15.0 Å². The second kappa shape index (κ2) is 7.06. The van der Waals surface area contributed by atoms with Gasteiger partial charge in [0, 0.05) is 0 Å². The molecule has 0 aromatic heterocycles. The van der Waals surface area contributed by atoms with Crippen LogP contribution in [0, 0.1) is 0 Å². The van der Waals surface area contributed by atoms with Gasteiger partial charge in [0.15, 0.2) is 0 Å². The van der Waals surface area contributed by atoms with Crippen molar-refractivity contribution >= 4 is 18.1 Å². The van der Waals surface area contributed by atoms with Crippen LogP contribution in [0.25, 0.3) is 0 Å². The number of carboxylic acid groups (broad SMARTS) is 4. The van der Waals surface area contributed by atoms with Crippen molar-refractivity contribution in [2.24, 2.45) is 0 Å². The molecule has 0 bridgehead atoms. The van der Waals surface area contributed by atoms with E-state index in [0.29, 0.717) is 12.2 Å². The van der Waals surface area contributed by atoms with E-state index in [-0.39, 0.29) is 0 Å². The van der Waals surface area contributed by atoms with Gasteiger partial charge >= 0.3 is 0 Å². The van der Waals surface area contributed by atoms with E-state index in [1.54, 1.807) is 0 Å². The monoisotopic (exact) mass is 174 g/mol. The summed E-state index contributed by atoms with van der Waals surface area (Å²) in [5.41, 5.74) is 0. The summed E-state index contributed by atoms with van der Waals surface area (Å²) >= 11 is 0. The number of rotatable bonds is 2. The van der Waals surface area contributed by atoms with Gasteiger partial charge in [-0.25, -0.2) is 0 Å². The molecule has 0 aromatic carbocycles. The van der Waals surface area contributed by atoms with Gasteiger partial charge in [0.25, 0.3) is 0 Å². The van der Waals surface area contributed by atoms with Crippen molar-refractivity contribution < 1.29 is 34.8 Å². The highest BCUT2D eigenvalue weighted by molar-refractivity contribution is 5.87. The largest absolute Gasteiger partial charge is 0.652 e. The number of hydrogen-bond acceptors (Lipinski definition) is 7. The minimum absolute atomic E-state index is 0.384. The van der Waals surface area contributed by atoms with E-state index < -0.39 is 18.1 Å². The molecule has 12 heavy (non-hydrogen) atoms. The first kappa shape index (κ1) is 12.6. The summed E-state index contributed by atoms with van der Waals surface area (Å²) in [7, 11) is 0. The van der Waals surface area contributed by atoms with Crippen LogP contribution in [0.3, 0.4) is 0 Å². The SMILES string of the molecule is O=C([O-])/C=C/C(=O)[O-].O=C([O-])[O-]. The highest BCUT2D eigenvalue weighted by Gasteiger charge is 1.70. The third kappa shape index (κ3) is 44.1. The van der Waals surface area contributed by atoms with Gasteiger partial charge in [0.05, 0.1) is 11.9 Å². The van der Waals surface area contributed by atoms with Crippen molar-refractivity contribution in [3.63, 3.8) is 0 Å². The number of carbonyl (C=O) groups excluding carboxylic acids is 3. The van der Waals surface area contributed by atoms with Crippen LogP contribution in [-0.2, 0) is 9.59 Å². The number of hydrogen-bond donors (Lipinski definition) is 0. The molecular weight excluding hydrogens is 172 g/mol. The molecule has 0 radical (unpaired) electrons. The summed E-state index contributed by atoms with van der Waals surface area (Å²) in [6.45, 7) is 0. The summed E-state index contributed by atoms with van der Waals surface area (Å²) < 4.78 is 0. The molecule has 0 spiro atoms. The van der Waals surface area contributed by atoms with E-state index in [9.17, 15) is 19.8 Å². The van der Waals surface area contributed by atoms with Gasteiger partial charge in [-0.2, -0.15) is 0 Å². The molecule has 0 fully saturated rings. The maximum Gasteiger partial charge on any atom is 0.0643 e. The zero-order valence-corrected chi connectivity index (χ0v) is 5.51. The fourth-order valence-corrected chi connectivity index (χ4v) is 0.136. The average molecular weight is 174 g/mol. The van der Waals surface area contributed by atoms with Gasteiger partial charge in [0.1, 0.15) is 0 Å². The molecular formula is C5H2O7-4. The second-order valence-electron chi connectivity index (χ2n) is 1.22. The Morgan fingerprint density at radius 2 is 0.917 bits per heavy atom. The Bertz CT molecular complexity index is 184. The number of aliphatic carboxylic acids is 2. The minimum atomic E-state index is -2.33. The lowest BCUT2D eigenvalue weighted by atomic mass is 10.5. The lowest BCUT2D eigenvalue weighted by Crippen LogP contribution is -2.37. The lowest BCUT2D eigenvalue weighted by molar-refractivity contribution is -0.415. The Morgan fingerprint density at radius 3 is 1.00 bits per heavy atom. The van der Waals surface area contributed by atoms with Crippen LogP contribution in [0.5, 0.6) is 0 Å². The molecule has 7 heteroatoms. The van der Waals surface area contributed by atoms with Crippen molar-refractivity contribution in [3.05, 3.63) is 12.2 Å². The Labute approximate surface area is 66.2 Å². The maximum absolute atomic E-state index is 9.41. The smallest absolute Gasteiger partial charge is 0.0643 e. The molecule has 0 saturated heterocycles. The molecule has 0 aliphatic carbocycles. The van der Waals surface area contributed by atoms with Crippen LogP contribution in [0.2, 0.25) is 0 Å². The standard InChI is InChI=1S/C4H4O4.CH2O3/c5-3(6)1-2-4(7)8;2-1(3)4/h1-2H,(H,5,6)(H,7,8);(H2,2,3,4)/p-4/b2-1+;. The highest BCUT2D eigenvalue weighted by Crippen LogP contribution is 1.64. The highest BCUT2D eigenvalue weighted by atomic mass is 16.6. The summed E-state index contributed by atoms with van der Waals surface area (Å²) in [5, 5.41) is 35.5. The van der Waals surface area contributed by atoms with E-state index in [2.05, 4.69) is 0 Å². The van der Waals surface area contributed by atoms with Crippen LogP contribution in [0.1, 0.15) is 0 Å². The first-order valence-corrected chi connectivity index (χ1v) is 2.34. The van der Waals surface area contributed by atoms with Gasteiger partial charge in [-0.15, -0.1) is 0 Å². The van der Waals surface area contributed by atoms with Crippen molar-refractivity contribution in [1.82, 2.24) is 0 Å². The van der Waals surface area contributed by atoms with Gasteiger partial charge < -0.3 is 34.8 Å². The number of carboxylic acids is 2. The maximum atomic E-state index is 9.41. The molecule has 0 N–H and O–H groups in total. The predicted octanol–water partition coefficient (Wildman–Crippen LogP) is -5.40. The molecule has 0 saturated carbocycles. The first-order chi connectivity index (χ1) is 5.36. The molecule has 0 amide bonds. The van der Waals surface area contributed by atoms with Crippen molar-refractivity contribution in [3.8, 4) is 0 Å². The topological polar surface area (TPSA) is 143 Å². The zero-order chi connectivity index (χ0) is 10.1. The zero-order valence-electron chi connectivity index (χ0n) is 5.51. The van der Waals surface area contributed by atoms with Crippen LogP contribution >= 0.6 is 0 Å². The second-order valence-corrected chi connectivity index (χ2v) is 1.22. The van der Waals surface area contributed by atoms with Crippen LogP contribution in [0.15, 0.2) is 12.2 Å². The summed E-state index contributed by atoms with van der Waals surface area (Å²) in [5.74, 6) is -3.09. The predicted molar refractivity (Wildman–Crippen MR) is 24.5 cm³/mol. The average Bonchev–Trinajstić information content (AvgIpc) is 1.82. The van der Waals surface area contributed by atoms with Gasteiger partial charge in [-0.3, -0.25) is 0 Å². The third-order valence-electron chi connectivity index (χ3n) is 0.355. The minimum Gasteiger partial charge on any atom is -0.652 e. The van der Waals surface area contributed by atoms with E-state index >= 15 is 0 Å². The van der Waals surface area contributed by atoms with E-state index in [1.165, 1.54) is 0 Å².